The molecule has 4 rings (SSSR count). The topological polar surface area (TPSA) is 114 Å². The monoisotopic (exact) mass is 477 g/mol. The number of carbonyl (C=O) groups is 1. The summed E-state index contributed by atoms with van der Waals surface area (Å²) < 4.78 is 5.25. The van der Waals surface area contributed by atoms with Crippen LogP contribution in [0.15, 0.2) is 53.5 Å². The van der Waals surface area contributed by atoms with Gasteiger partial charge in [-0.05, 0) is 30.5 Å². The molecule has 9 heteroatoms. The van der Waals surface area contributed by atoms with Crippen LogP contribution < -0.4 is 9.38 Å². The van der Waals surface area contributed by atoms with Crippen LogP contribution in [0.4, 0.5) is 11.4 Å². The lowest BCUT2D eigenvalue weighted by Crippen LogP contribution is -2.51. The zero-order chi connectivity index (χ0) is 25.0. The Morgan fingerprint density at radius 1 is 1.06 bits per heavy atom. The third kappa shape index (κ3) is 4.48. The summed E-state index contributed by atoms with van der Waals surface area (Å²) in [4.78, 5) is 22.8. The molecule has 0 bridgehead atoms. The lowest BCUT2D eigenvalue weighted by molar-refractivity contribution is -0.0917. The van der Waals surface area contributed by atoms with Gasteiger partial charge in [0.05, 0.1) is 12.7 Å². The standard InChI is InChI=1S/C26H28N4O5/c1-4-6-11-21-27-22-23(24(31)28-29-25(22)34-3)30(21,35-5-2)16-17-12-14-18(15-13-17)19-9-7-8-10-20(19)26(32)33/h7-10,12-15H,4-6,11,16H2,1-3H3,(H-,28,31,32,33)/p+1. The molecule has 2 heterocycles. The molecule has 182 valence electrons. The van der Waals surface area contributed by atoms with E-state index < -0.39 is 5.97 Å². The number of aliphatic imine (C=N–C) groups is 1. The van der Waals surface area contributed by atoms with E-state index in [-0.39, 0.29) is 22.0 Å². The van der Waals surface area contributed by atoms with E-state index in [2.05, 4.69) is 17.1 Å². The van der Waals surface area contributed by atoms with E-state index in [4.69, 9.17) is 14.6 Å². The number of quaternary nitrogens is 1. The second-order valence-corrected chi connectivity index (χ2v) is 8.22. The van der Waals surface area contributed by atoms with Crippen LogP contribution in [0.5, 0.6) is 11.8 Å². The van der Waals surface area contributed by atoms with E-state index in [9.17, 15) is 15.0 Å². The molecule has 1 atom stereocenters. The average Bonchev–Trinajstić information content (AvgIpc) is 3.18. The smallest absolute Gasteiger partial charge is 0.336 e. The zero-order valence-corrected chi connectivity index (χ0v) is 20.1. The van der Waals surface area contributed by atoms with Crippen molar-refractivity contribution in [2.75, 3.05) is 13.7 Å². The Labute approximate surface area is 203 Å². The largest absolute Gasteiger partial charge is 0.488 e. The molecule has 1 aromatic heterocycles. The number of rotatable bonds is 10. The lowest BCUT2D eigenvalue weighted by Gasteiger charge is -2.31. The summed E-state index contributed by atoms with van der Waals surface area (Å²) in [6.07, 6.45) is 2.53. The van der Waals surface area contributed by atoms with Crippen molar-refractivity contribution < 1.29 is 24.6 Å². The summed E-state index contributed by atoms with van der Waals surface area (Å²) >= 11 is 0. The SMILES string of the molecule is CCCCC1=Nc2c(OC)nnc(O)c2[N+]1(Cc1ccc(-c2ccccc2C(=O)O)cc1)OCC. The minimum Gasteiger partial charge on any atom is -0.488 e. The molecule has 0 amide bonds. The number of fused-ring (bicyclic) bond motifs is 1. The molecule has 9 nitrogen and oxygen atoms in total. The van der Waals surface area contributed by atoms with Crippen LogP contribution in [0.2, 0.25) is 0 Å². The molecule has 0 saturated carbocycles. The molecule has 3 aromatic rings. The Bertz CT molecular complexity index is 1260. The van der Waals surface area contributed by atoms with Crippen molar-refractivity contribution in [1.29, 1.82) is 0 Å². The number of unbranched alkanes of at least 4 members (excludes halogenated alkanes) is 1. The maximum Gasteiger partial charge on any atom is 0.336 e. The highest BCUT2D eigenvalue weighted by atomic mass is 16.7. The normalized spacial score (nSPS) is 16.6. The van der Waals surface area contributed by atoms with Crippen molar-refractivity contribution in [2.45, 2.75) is 39.7 Å². The van der Waals surface area contributed by atoms with Gasteiger partial charge in [-0.2, -0.15) is 9.83 Å². The van der Waals surface area contributed by atoms with Crippen LogP contribution in [-0.4, -0.2) is 45.9 Å². The van der Waals surface area contributed by atoms with Gasteiger partial charge in [0, 0.05) is 12.0 Å². The van der Waals surface area contributed by atoms with Crippen molar-refractivity contribution in [1.82, 2.24) is 14.8 Å². The molecule has 35 heavy (non-hydrogen) atoms. The third-order valence-electron chi connectivity index (χ3n) is 6.02. The fourth-order valence-corrected chi connectivity index (χ4v) is 4.42. The number of nitrogens with zero attached hydrogens (tertiary/aromatic N) is 4. The number of hydrogen-bond acceptors (Lipinski definition) is 7. The molecular formula is C26H29N4O5+. The lowest BCUT2D eigenvalue weighted by atomic mass is 9.98. The predicted molar refractivity (Wildman–Crippen MR) is 133 cm³/mol. The average molecular weight is 478 g/mol. The van der Waals surface area contributed by atoms with Crippen LogP contribution in [-0.2, 0) is 11.4 Å². The number of aromatic nitrogens is 2. The maximum atomic E-state index is 11.7. The summed E-state index contributed by atoms with van der Waals surface area (Å²) in [5.74, 6) is -0.252. The van der Waals surface area contributed by atoms with Gasteiger partial charge in [0.2, 0.25) is 11.5 Å². The first-order valence-electron chi connectivity index (χ1n) is 11.6. The molecule has 0 fully saturated rings. The van der Waals surface area contributed by atoms with Gasteiger partial charge in [0.25, 0.3) is 17.4 Å². The number of carboxylic acids is 1. The van der Waals surface area contributed by atoms with Crippen molar-refractivity contribution in [3.05, 3.63) is 59.7 Å². The maximum absolute atomic E-state index is 11.7. The first-order chi connectivity index (χ1) is 16.9. The number of amidine groups is 1. The Morgan fingerprint density at radius 3 is 2.46 bits per heavy atom. The van der Waals surface area contributed by atoms with Gasteiger partial charge in [0.1, 0.15) is 13.2 Å². The molecule has 0 saturated heterocycles. The van der Waals surface area contributed by atoms with Crippen molar-refractivity contribution in [2.24, 2.45) is 4.99 Å². The van der Waals surface area contributed by atoms with E-state index in [0.29, 0.717) is 36.5 Å². The van der Waals surface area contributed by atoms with Gasteiger partial charge < -0.3 is 14.9 Å². The number of hydroxylamine groups is 2. The molecule has 1 aliphatic rings. The third-order valence-corrected chi connectivity index (χ3v) is 6.02. The van der Waals surface area contributed by atoms with Crippen molar-refractivity contribution >= 4 is 23.2 Å². The second kappa shape index (κ2) is 10.2. The van der Waals surface area contributed by atoms with Gasteiger partial charge in [-0.15, -0.1) is 10.2 Å². The van der Waals surface area contributed by atoms with Gasteiger partial charge in [-0.3, -0.25) is 0 Å². The Morgan fingerprint density at radius 2 is 1.80 bits per heavy atom. The number of aromatic carboxylic acids is 1. The first kappa shape index (κ1) is 24.3. The number of ether oxygens (including phenoxy) is 1. The van der Waals surface area contributed by atoms with Crippen molar-refractivity contribution in [3.63, 3.8) is 0 Å². The number of aromatic hydroxyl groups is 1. The van der Waals surface area contributed by atoms with E-state index >= 15 is 0 Å². The quantitative estimate of drug-likeness (QED) is 0.383. The zero-order valence-electron chi connectivity index (χ0n) is 20.1. The highest BCUT2D eigenvalue weighted by Crippen LogP contribution is 2.51. The second-order valence-electron chi connectivity index (χ2n) is 8.22. The summed E-state index contributed by atoms with van der Waals surface area (Å²) in [6.45, 7) is 4.72. The highest BCUT2D eigenvalue weighted by Gasteiger charge is 2.51. The van der Waals surface area contributed by atoms with Crippen LogP contribution >= 0.6 is 0 Å². The highest BCUT2D eigenvalue weighted by molar-refractivity contribution is 6.03. The van der Waals surface area contributed by atoms with Crippen LogP contribution in [0.3, 0.4) is 0 Å². The number of methoxy groups -OCH3 is 1. The molecule has 0 radical (unpaired) electrons. The molecule has 2 N–H and O–H groups in total. The molecule has 1 unspecified atom stereocenters. The molecular weight excluding hydrogens is 448 g/mol. The molecule has 0 spiro atoms. The molecule has 2 aromatic carbocycles. The van der Waals surface area contributed by atoms with Crippen molar-refractivity contribution in [3.8, 4) is 22.9 Å². The van der Waals surface area contributed by atoms with Gasteiger partial charge >= 0.3 is 5.97 Å². The van der Waals surface area contributed by atoms with Crippen LogP contribution in [0.1, 0.15) is 49.0 Å². The number of benzene rings is 2. The fraction of sp³-hybridized carbons (Fsp3) is 0.308. The molecule has 0 aliphatic carbocycles. The Hall–Kier alpha value is -3.82. The van der Waals surface area contributed by atoms with E-state index in [1.165, 1.54) is 7.11 Å². The number of carboxylic acid groups (broad SMARTS) is 1. The van der Waals surface area contributed by atoms with E-state index in [1.54, 1.807) is 18.2 Å². The van der Waals surface area contributed by atoms with Gasteiger partial charge in [-0.25, -0.2) is 4.79 Å². The minimum atomic E-state index is -0.971. The summed E-state index contributed by atoms with van der Waals surface area (Å²) in [5, 5.41) is 28.1. The van der Waals surface area contributed by atoms with Crippen LogP contribution in [0, 0.1) is 0 Å². The van der Waals surface area contributed by atoms with Gasteiger partial charge in [0.15, 0.2) is 0 Å². The summed E-state index contributed by atoms with van der Waals surface area (Å²) in [7, 11) is 1.49. The summed E-state index contributed by atoms with van der Waals surface area (Å²) in [6, 6.07) is 14.6. The first-order valence-corrected chi connectivity index (χ1v) is 11.6. The summed E-state index contributed by atoms with van der Waals surface area (Å²) in [5.41, 5.74) is 3.44. The fourth-order valence-electron chi connectivity index (χ4n) is 4.42. The van der Waals surface area contributed by atoms with Gasteiger partial charge in [-0.1, -0.05) is 60.5 Å². The molecule has 1 aliphatic heterocycles. The van der Waals surface area contributed by atoms with E-state index in [1.807, 2.05) is 37.3 Å². The number of hydrogen-bond donors (Lipinski definition) is 2. The Kier molecular flexibility index (Phi) is 7.09. The van der Waals surface area contributed by atoms with Crippen LogP contribution in [0.25, 0.3) is 11.1 Å². The Balaban J connectivity index is 1.77. The predicted octanol–water partition coefficient (Wildman–Crippen LogP) is 5.25. The minimum absolute atomic E-state index is 0.130. The van der Waals surface area contributed by atoms with E-state index in [0.717, 1.165) is 29.8 Å².